The maximum Gasteiger partial charge on any atom is 0.251 e. The summed E-state index contributed by atoms with van der Waals surface area (Å²) >= 11 is 0. The molecule has 1 saturated heterocycles. The van der Waals surface area contributed by atoms with E-state index in [0.29, 0.717) is 18.7 Å². The van der Waals surface area contributed by atoms with Gasteiger partial charge >= 0.3 is 0 Å². The summed E-state index contributed by atoms with van der Waals surface area (Å²) in [6.07, 6.45) is 0.790. The molecule has 6 heteroatoms. The molecule has 152 valence electrons. The van der Waals surface area contributed by atoms with Gasteiger partial charge in [-0.1, -0.05) is 24.3 Å². The maximum atomic E-state index is 12.7. The van der Waals surface area contributed by atoms with Gasteiger partial charge in [0.15, 0.2) is 0 Å². The Morgan fingerprint density at radius 3 is 2.55 bits per heavy atom. The Balaban J connectivity index is 1.41. The Labute approximate surface area is 171 Å². The van der Waals surface area contributed by atoms with Crippen molar-refractivity contribution in [3.05, 3.63) is 64.7 Å². The molecule has 0 bridgehead atoms. The molecule has 0 radical (unpaired) electrons. The molecule has 4 rings (SSSR count). The Bertz CT molecular complexity index is 906. The van der Waals surface area contributed by atoms with Crippen LogP contribution in [0.25, 0.3) is 0 Å². The zero-order valence-electron chi connectivity index (χ0n) is 16.8. The van der Waals surface area contributed by atoms with Gasteiger partial charge in [0.25, 0.3) is 5.91 Å². The molecule has 0 atom stereocenters. The average molecular weight is 393 g/mol. The minimum Gasteiger partial charge on any atom is -0.379 e. The van der Waals surface area contributed by atoms with Crippen LogP contribution in [0.5, 0.6) is 0 Å². The molecule has 0 unspecified atom stereocenters. The number of carbonyl (C=O) groups excluding carboxylic acids is 2. The first kappa shape index (κ1) is 19.6. The van der Waals surface area contributed by atoms with E-state index in [2.05, 4.69) is 22.3 Å². The SMILES string of the molecule is CC(=O)N1CCc2cc(C(=O)NCc3ccccc3CN3CCOCC3)ccc21. The van der Waals surface area contributed by atoms with Crippen molar-refractivity contribution in [3.63, 3.8) is 0 Å². The number of rotatable bonds is 5. The first-order valence-electron chi connectivity index (χ1n) is 10.2. The number of benzene rings is 2. The van der Waals surface area contributed by atoms with Crippen LogP contribution in [0, 0.1) is 0 Å². The van der Waals surface area contributed by atoms with E-state index in [4.69, 9.17) is 4.74 Å². The predicted octanol–water partition coefficient (Wildman–Crippen LogP) is 2.36. The second-order valence-corrected chi connectivity index (χ2v) is 7.60. The van der Waals surface area contributed by atoms with Gasteiger partial charge in [-0.25, -0.2) is 0 Å². The molecule has 2 aromatic rings. The number of hydrogen-bond acceptors (Lipinski definition) is 4. The van der Waals surface area contributed by atoms with Gasteiger partial charge in [0, 0.05) is 50.9 Å². The highest BCUT2D eigenvalue weighted by Crippen LogP contribution is 2.29. The van der Waals surface area contributed by atoms with Crippen molar-refractivity contribution in [2.24, 2.45) is 0 Å². The van der Waals surface area contributed by atoms with Crippen molar-refractivity contribution in [1.29, 1.82) is 0 Å². The largest absolute Gasteiger partial charge is 0.379 e. The summed E-state index contributed by atoms with van der Waals surface area (Å²) in [4.78, 5) is 28.6. The van der Waals surface area contributed by atoms with Crippen LogP contribution >= 0.6 is 0 Å². The van der Waals surface area contributed by atoms with Gasteiger partial charge in [0.2, 0.25) is 5.91 Å². The van der Waals surface area contributed by atoms with Gasteiger partial charge in [0.1, 0.15) is 0 Å². The normalized spacial score (nSPS) is 16.5. The third kappa shape index (κ3) is 4.49. The summed E-state index contributed by atoms with van der Waals surface area (Å²) in [7, 11) is 0. The van der Waals surface area contributed by atoms with E-state index in [9.17, 15) is 9.59 Å². The molecule has 29 heavy (non-hydrogen) atoms. The number of hydrogen-bond donors (Lipinski definition) is 1. The summed E-state index contributed by atoms with van der Waals surface area (Å²) in [5.74, 6) is -0.0481. The molecular weight excluding hydrogens is 366 g/mol. The van der Waals surface area contributed by atoms with Gasteiger partial charge in [-0.3, -0.25) is 14.5 Å². The zero-order chi connectivity index (χ0) is 20.2. The third-order valence-electron chi connectivity index (χ3n) is 5.67. The summed E-state index contributed by atoms with van der Waals surface area (Å²) in [5.41, 5.74) is 4.99. The van der Waals surface area contributed by atoms with Crippen molar-refractivity contribution in [2.75, 3.05) is 37.7 Å². The molecule has 0 saturated carbocycles. The number of fused-ring (bicyclic) bond motifs is 1. The minimum absolute atomic E-state index is 0.0397. The molecular formula is C23H27N3O3. The van der Waals surface area contributed by atoms with Crippen molar-refractivity contribution >= 4 is 17.5 Å². The van der Waals surface area contributed by atoms with E-state index in [1.54, 1.807) is 17.9 Å². The fraction of sp³-hybridized carbons (Fsp3) is 0.391. The topological polar surface area (TPSA) is 61.9 Å². The van der Waals surface area contributed by atoms with Gasteiger partial charge in [0.05, 0.1) is 13.2 Å². The summed E-state index contributed by atoms with van der Waals surface area (Å²) in [6.45, 7) is 7.05. The lowest BCUT2D eigenvalue weighted by Gasteiger charge is -2.27. The number of nitrogens with one attached hydrogen (secondary N) is 1. The van der Waals surface area contributed by atoms with E-state index in [-0.39, 0.29) is 11.8 Å². The highest BCUT2D eigenvalue weighted by atomic mass is 16.5. The lowest BCUT2D eigenvalue weighted by atomic mass is 10.1. The van der Waals surface area contributed by atoms with E-state index < -0.39 is 0 Å². The average Bonchev–Trinajstić information content (AvgIpc) is 3.17. The fourth-order valence-corrected chi connectivity index (χ4v) is 4.03. The molecule has 2 amide bonds. The number of amides is 2. The number of anilines is 1. The van der Waals surface area contributed by atoms with Gasteiger partial charge < -0.3 is 15.0 Å². The van der Waals surface area contributed by atoms with Gasteiger partial charge in [-0.15, -0.1) is 0 Å². The highest BCUT2D eigenvalue weighted by molar-refractivity contribution is 5.97. The minimum atomic E-state index is -0.0877. The quantitative estimate of drug-likeness (QED) is 0.847. The predicted molar refractivity (Wildman–Crippen MR) is 112 cm³/mol. The molecule has 2 aliphatic heterocycles. The van der Waals surface area contributed by atoms with Crippen LogP contribution in [-0.4, -0.2) is 49.6 Å². The molecule has 2 aliphatic rings. The molecule has 6 nitrogen and oxygen atoms in total. The Morgan fingerprint density at radius 1 is 1.03 bits per heavy atom. The van der Waals surface area contributed by atoms with Gasteiger partial charge in [-0.2, -0.15) is 0 Å². The van der Waals surface area contributed by atoms with Crippen LogP contribution in [0.4, 0.5) is 5.69 Å². The molecule has 0 aromatic heterocycles. The van der Waals surface area contributed by atoms with E-state index in [1.165, 1.54) is 5.56 Å². The summed E-state index contributed by atoms with van der Waals surface area (Å²) in [6, 6.07) is 13.8. The van der Waals surface area contributed by atoms with Crippen LogP contribution in [0.15, 0.2) is 42.5 Å². The molecule has 2 aromatic carbocycles. The van der Waals surface area contributed by atoms with Crippen molar-refractivity contribution < 1.29 is 14.3 Å². The Hall–Kier alpha value is -2.70. The fourth-order valence-electron chi connectivity index (χ4n) is 4.03. The number of morpholine rings is 1. The lowest BCUT2D eigenvalue weighted by molar-refractivity contribution is -0.116. The van der Waals surface area contributed by atoms with Crippen molar-refractivity contribution in [1.82, 2.24) is 10.2 Å². The Kier molecular flexibility index (Phi) is 5.92. The van der Waals surface area contributed by atoms with E-state index in [0.717, 1.165) is 56.1 Å². The monoisotopic (exact) mass is 393 g/mol. The summed E-state index contributed by atoms with van der Waals surface area (Å²) in [5, 5.41) is 3.06. The molecule has 2 heterocycles. The van der Waals surface area contributed by atoms with Crippen LogP contribution in [0.2, 0.25) is 0 Å². The molecule has 1 N–H and O–H groups in total. The number of ether oxygens (including phenoxy) is 1. The Morgan fingerprint density at radius 2 is 1.79 bits per heavy atom. The van der Waals surface area contributed by atoms with Gasteiger partial charge in [-0.05, 0) is 41.3 Å². The van der Waals surface area contributed by atoms with Crippen LogP contribution in [0.3, 0.4) is 0 Å². The number of carbonyl (C=O) groups is 2. The van der Waals surface area contributed by atoms with E-state index in [1.807, 2.05) is 24.3 Å². The van der Waals surface area contributed by atoms with Crippen LogP contribution < -0.4 is 10.2 Å². The molecule has 0 spiro atoms. The first-order valence-corrected chi connectivity index (χ1v) is 10.2. The summed E-state index contributed by atoms with van der Waals surface area (Å²) < 4.78 is 5.43. The zero-order valence-corrected chi connectivity index (χ0v) is 16.8. The maximum absolute atomic E-state index is 12.7. The van der Waals surface area contributed by atoms with Crippen LogP contribution in [-0.2, 0) is 29.0 Å². The third-order valence-corrected chi connectivity index (χ3v) is 5.67. The second kappa shape index (κ2) is 8.76. The smallest absolute Gasteiger partial charge is 0.251 e. The standard InChI is InChI=1S/C23H27N3O3/c1-17(27)26-9-8-18-14-19(6-7-22(18)26)23(28)24-15-20-4-2-3-5-21(20)16-25-10-12-29-13-11-25/h2-7,14H,8-13,15-16H2,1H3,(H,24,28). The number of nitrogens with zero attached hydrogens (tertiary/aromatic N) is 2. The second-order valence-electron chi connectivity index (χ2n) is 7.60. The first-order chi connectivity index (χ1) is 14.1. The lowest BCUT2D eigenvalue weighted by Crippen LogP contribution is -2.36. The van der Waals surface area contributed by atoms with Crippen molar-refractivity contribution in [2.45, 2.75) is 26.4 Å². The molecule has 1 fully saturated rings. The molecule has 0 aliphatic carbocycles. The van der Waals surface area contributed by atoms with E-state index >= 15 is 0 Å². The van der Waals surface area contributed by atoms with Crippen LogP contribution in [0.1, 0.15) is 34.0 Å². The highest BCUT2D eigenvalue weighted by Gasteiger charge is 2.23. The van der Waals surface area contributed by atoms with Crippen molar-refractivity contribution in [3.8, 4) is 0 Å².